The molecule has 0 radical (unpaired) electrons. The lowest BCUT2D eigenvalue weighted by Gasteiger charge is -2.37. The summed E-state index contributed by atoms with van der Waals surface area (Å²) in [6, 6.07) is 20.1. The predicted molar refractivity (Wildman–Crippen MR) is 140 cm³/mol. The number of nitrogens with zero attached hydrogens (tertiary/aromatic N) is 3. The summed E-state index contributed by atoms with van der Waals surface area (Å²) in [5, 5.41) is 9.68. The molecule has 2 aromatic carbocycles. The van der Waals surface area contributed by atoms with E-state index in [1.807, 2.05) is 17.0 Å². The van der Waals surface area contributed by atoms with Gasteiger partial charge in [0.25, 0.3) is 0 Å². The van der Waals surface area contributed by atoms with Gasteiger partial charge >= 0.3 is 5.97 Å². The highest BCUT2D eigenvalue weighted by Crippen LogP contribution is 2.45. The van der Waals surface area contributed by atoms with Crippen LogP contribution in [-0.4, -0.2) is 39.0 Å². The Morgan fingerprint density at radius 3 is 2.53 bits per heavy atom. The average molecular weight is 502 g/mol. The maximum absolute atomic E-state index is 15.1. The van der Waals surface area contributed by atoms with Crippen LogP contribution in [0, 0.1) is 11.7 Å². The minimum atomic E-state index is -0.765. The number of rotatable bonds is 6. The lowest BCUT2D eigenvalue weighted by molar-refractivity contribution is -0.147. The number of hydrogen-bond donors (Lipinski definition) is 1. The topological polar surface area (TPSA) is 66.3 Å². The van der Waals surface area contributed by atoms with Crippen LogP contribution in [0.2, 0.25) is 0 Å². The molecule has 5 nitrogen and oxygen atoms in total. The van der Waals surface area contributed by atoms with Crippen LogP contribution in [0.1, 0.15) is 48.9 Å². The molecule has 1 aliphatic heterocycles. The standard InChI is InChI=1S/C29H28FN3O2S/c30-23-15-19(16-33-17-20(18-33)28(34)35)9-10-22(23)26-31-24-11-12-25(32-27(24)36-26)29(13-5-2-6-14-29)21-7-3-1-4-8-21/h1,3-4,7-12,15,20H,2,5-6,13-14,16-18H2,(H,34,35). The van der Waals surface area contributed by atoms with E-state index in [4.69, 9.17) is 15.1 Å². The van der Waals surface area contributed by atoms with E-state index in [9.17, 15) is 4.79 Å². The molecule has 4 aromatic rings. The molecule has 2 fully saturated rings. The van der Waals surface area contributed by atoms with Crippen molar-refractivity contribution < 1.29 is 14.3 Å². The molecule has 184 valence electrons. The highest BCUT2D eigenvalue weighted by Gasteiger charge is 2.37. The van der Waals surface area contributed by atoms with Gasteiger partial charge in [-0.05, 0) is 48.2 Å². The monoisotopic (exact) mass is 501 g/mol. The van der Waals surface area contributed by atoms with Crippen molar-refractivity contribution in [1.82, 2.24) is 14.9 Å². The molecule has 1 saturated carbocycles. The predicted octanol–water partition coefficient (Wildman–Crippen LogP) is 6.26. The first-order chi connectivity index (χ1) is 17.5. The van der Waals surface area contributed by atoms with Gasteiger partial charge in [0.2, 0.25) is 0 Å². The molecule has 36 heavy (non-hydrogen) atoms. The fraction of sp³-hybridized carbons (Fsp3) is 0.345. The Labute approximate surface area is 213 Å². The number of thiazole rings is 1. The Morgan fingerprint density at radius 1 is 1.03 bits per heavy atom. The summed E-state index contributed by atoms with van der Waals surface area (Å²) in [4.78, 5) is 23.7. The summed E-state index contributed by atoms with van der Waals surface area (Å²) in [5.41, 5.74) is 4.43. The first kappa shape index (κ1) is 23.3. The molecule has 1 aliphatic carbocycles. The average Bonchev–Trinajstić information content (AvgIpc) is 3.30. The number of halogens is 1. The molecule has 6 rings (SSSR count). The second-order valence-corrected chi connectivity index (χ2v) is 11.1. The summed E-state index contributed by atoms with van der Waals surface area (Å²) in [7, 11) is 0. The van der Waals surface area contributed by atoms with Gasteiger partial charge in [0, 0.05) is 30.6 Å². The third kappa shape index (κ3) is 4.20. The molecule has 0 unspecified atom stereocenters. The smallest absolute Gasteiger partial charge is 0.309 e. The minimum Gasteiger partial charge on any atom is -0.481 e. The van der Waals surface area contributed by atoms with Crippen LogP contribution in [0.5, 0.6) is 0 Å². The van der Waals surface area contributed by atoms with E-state index in [-0.39, 0.29) is 17.2 Å². The fourth-order valence-corrected chi connectivity index (χ4v) is 6.71. The van der Waals surface area contributed by atoms with Gasteiger partial charge in [-0.15, -0.1) is 0 Å². The van der Waals surface area contributed by atoms with Crippen LogP contribution in [0.3, 0.4) is 0 Å². The van der Waals surface area contributed by atoms with Crippen molar-refractivity contribution in [1.29, 1.82) is 0 Å². The molecule has 2 aliphatic rings. The Balaban J connectivity index is 1.28. The number of benzene rings is 2. The maximum Gasteiger partial charge on any atom is 0.309 e. The lowest BCUT2D eigenvalue weighted by Crippen LogP contribution is -2.49. The van der Waals surface area contributed by atoms with Gasteiger partial charge in [0.05, 0.1) is 11.6 Å². The van der Waals surface area contributed by atoms with Gasteiger partial charge in [-0.25, -0.2) is 14.4 Å². The summed E-state index contributed by atoms with van der Waals surface area (Å²) in [6.45, 7) is 1.57. The number of carbonyl (C=O) groups is 1. The van der Waals surface area contributed by atoms with E-state index in [0.717, 1.165) is 34.4 Å². The van der Waals surface area contributed by atoms with Crippen LogP contribution >= 0.6 is 11.3 Å². The molecule has 0 atom stereocenters. The van der Waals surface area contributed by atoms with Gasteiger partial charge < -0.3 is 5.11 Å². The highest BCUT2D eigenvalue weighted by molar-refractivity contribution is 7.21. The van der Waals surface area contributed by atoms with Crippen LogP contribution in [0.15, 0.2) is 60.7 Å². The quantitative estimate of drug-likeness (QED) is 0.338. The Bertz CT molecular complexity index is 1410. The summed E-state index contributed by atoms with van der Waals surface area (Å²) in [6.07, 6.45) is 5.81. The fourth-order valence-electron chi connectivity index (χ4n) is 5.75. The molecular formula is C29H28FN3O2S. The highest BCUT2D eigenvalue weighted by atomic mass is 32.1. The molecule has 0 amide bonds. The molecule has 3 heterocycles. The number of carboxylic acids is 1. The van der Waals surface area contributed by atoms with Crippen molar-refractivity contribution >= 4 is 27.7 Å². The van der Waals surface area contributed by atoms with Gasteiger partial charge in [0.1, 0.15) is 21.2 Å². The van der Waals surface area contributed by atoms with Crippen LogP contribution < -0.4 is 0 Å². The summed E-state index contributed by atoms with van der Waals surface area (Å²) >= 11 is 1.44. The van der Waals surface area contributed by atoms with Crippen molar-refractivity contribution in [3.8, 4) is 10.6 Å². The van der Waals surface area contributed by atoms with E-state index in [1.165, 1.54) is 36.2 Å². The number of fused-ring (bicyclic) bond motifs is 1. The number of carboxylic acid groups (broad SMARTS) is 1. The number of aromatic nitrogens is 2. The molecule has 2 aromatic heterocycles. The molecule has 1 saturated heterocycles. The maximum atomic E-state index is 15.1. The minimum absolute atomic E-state index is 0.0821. The normalized spacial score (nSPS) is 18.2. The molecule has 0 bridgehead atoms. The molecule has 1 N–H and O–H groups in total. The summed E-state index contributed by atoms with van der Waals surface area (Å²) in [5.74, 6) is -1.39. The van der Waals surface area contributed by atoms with Crippen LogP contribution in [0.4, 0.5) is 4.39 Å². The number of pyridine rings is 1. The second kappa shape index (κ2) is 9.37. The lowest BCUT2D eigenvalue weighted by atomic mass is 9.67. The number of aliphatic carboxylic acids is 1. The Hall–Kier alpha value is -3.16. The second-order valence-electron chi connectivity index (χ2n) is 10.1. The molecule has 0 spiro atoms. The van der Waals surface area contributed by atoms with Crippen molar-refractivity contribution in [2.75, 3.05) is 13.1 Å². The van der Waals surface area contributed by atoms with Crippen molar-refractivity contribution in [3.05, 3.63) is 83.3 Å². The third-order valence-corrected chi connectivity index (χ3v) is 8.75. The Morgan fingerprint density at radius 2 is 1.81 bits per heavy atom. The zero-order chi connectivity index (χ0) is 24.7. The zero-order valence-electron chi connectivity index (χ0n) is 20.0. The third-order valence-electron chi connectivity index (χ3n) is 7.76. The van der Waals surface area contributed by atoms with Gasteiger partial charge in [-0.2, -0.15) is 0 Å². The zero-order valence-corrected chi connectivity index (χ0v) is 20.8. The first-order valence-electron chi connectivity index (χ1n) is 12.6. The number of hydrogen-bond acceptors (Lipinski definition) is 5. The van der Waals surface area contributed by atoms with Gasteiger partial charge in [-0.3, -0.25) is 9.69 Å². The van der Waals surface area contributed by atoms with Crippen LogP contribution in [0.25, 0.3) is 20.9 Å². The van der Waals surface area contributed by atoms with E-state index in [0.29, 0.717) is 30.2 Å². The van der Waals surface area contributed by atoms with E-state index < -0.39 is 5.97 Å². The van der Waals surface area contributed by atoms with Crippen molar-refractivity contribution in [3.63, 3.8) is 0 Å². The molecular weight excluding hydrogens is 473 g/mol. The van der Waals surface area contributed by atoms with E-state index in [1.54, 1.807) is 12.1 Å². The largest absolute Gasteiger partial charge is 0.481 e. The summed E-state index contributed by atoms with van der Waals surface area (Å²) < 4.78 is 15.1. The van der Waals surface area contributed by atoms with Crippen molar-refractivity contribution in [2.45, 2.75) is 44.1 Å². The number of likely N-dealkylation sites (tertiary alicyclic amines) is 1. The van der Waals surface area contributed by atoms with Crippen molar-refractivity contribution in [2.24, 2.45) is 5.92 Å². The van der Waals surface area contributed by atoms with E-state index >= 15 is 4.39 Å². The van der Waals surface area contributed by atoms with E-state index in [2.05, 4.69) is 36.4 Å². The Kier molecular flexibility index (Phi) is 6.05. The van der Waals surface area contributed by atoms with Gasteiger partial charge in [0.15, 0.2) is 0 Å². The molecule has 7 heteroatoms. The van der Waals surface area contributed by atoms with Gasteiger partial charge in [-0.1, -0.05) is 67.0 Å². The van der Waals surface area contributed by atoms with Crippen LogP contribution in [-0.2, 0) is 16.8 Å². The SMILES string of the molecule is O=C(O)C1CN(Cc2ccc(-c3nc4ccc(C5(c6ccccc6)CCCCC5)nc4s3)c(F)c2)C1. The first-order valence-corrected chi connectivity index (χ1v) is 13.4.